The molecule has 5 nitrogen and oxygen atoms in total. The number of anilines is 1. The van der Waals surface area contributed by atoms with E-state index in [-0.39, 0.29) is 5.82 Å². The molecule has 2 fully saturated rings. The Morgan fingerprint density at radius 3 is 2.49 bits per heavy atom. The molecule has 39 heavy (non-hydrogen) atoms. The lowest BCUT2D eigenvalue weighted by Crippen LogP contribution is -2.55. The van der Waals surface area contributed by atoms with Crippen LogP contribution < -0.4 is 10.2 Å². The first-order valence-electron chi connectivity index (χ1n) is 14.1. The van der Waals surface area contributed by atoms with Crippen LogP contribution in [-0.2, 0) is 0 Å². The van der Waals surface area contributed by atoms with Gasteiger partial charge in [-0.1, -0.05) is 18.6 Å². The number of nitrogens with zero attached hydrogens (tertiary/aromatic N) is 4. The standard InChI is InChI=1S/C33H34FN5/c1-22-17-28-27(19-23(2)37-32(28)29(34)18-22)30-21-35-31-20-25(9-14-39(30)31)24-5-7-26(8-6-24)38-15-11-33(12-16-38)10-3-4-13-36-33/h5-9,14,17-21,36H,3-4,10-13,15-16H2,1-2H3. The minimum atomic E-state index is -0.288. The highest BCUT2D eigenvalue weighted by Gasteiger charge is 2.35. The molecule has 2 aliphatic heterocycles. The van der Waals surface area contributed by atoms with Crippen LogP contribution in [0.1, 0.15) is 43.4 Å². The molecule has 3 aromatic heterocycles. The van der Waals surface area contributed by atoms with Gasteiger partial charge in [-0.05, 0) is 105 Å². The van der Waals surface area contributed by atoms with Crippen molar-refractivity contribution < 1.29 is 4.39 Å². The van der Waals surface area contributed by atoms with Gasteiger partial charge in [0.25, 0.3) is 0 Å². The molecule has 7 rings (SSSR count). The molecule has 5 aromatic rings. The summed E-state index contributed by atoms with van der Waals surface area (Å²) in [6.45, 7) is 7.22. The van der Waals surface area contributed by atoms with Gasteiger partial charge in [-0.3, -0.25) is 9.38 Å². The van der Waals surface area contributed by atoms with E-state index >= 15 is 0 Å². The number of hydrogen-bond donors (Lipinski definition) is 1. The van der Waals surface area contributed by atoms with Crippen molar-refractivity contribution in [3.05, 3.63) is 84.1 Å². The Labute approximate surface area is 228 Å². The summed E-state index contributed by atoms with van der Waals surface area (Å²) >= 11 is 0. The van der Waals surface area contributed by atoms with Crippen molar-refractivity contribution in [2.75, 3.05) is 24.5 Å². The number of halogens is 1. The Bertz CT molecular complexity index is 1670. The van der Waals surface area contributed by atoms with Gasteiger partial charge in [0, 0.05) is 47.2 Å². The molecular formula is C33H34FN5. The summed E-state index contributed by atoms with van der Waals surface area (Å²) in [6, 6.07) is 18.8. The second kappa shape index (κ2) is 9.45. The minimum Gasteiger partial charge on any atom is -0.371 e. The smallest absolute Gasteiger partial charge is 0.149 e. The molecular weight excluding hydrogens is 485 g/mol. The van der Waals surface area contributed by atoms with Crippen molar-refractivity contribution in [1.29, 1.82) is 0 Å². The van der Waals surface area contributed by atoms with E-state index in [1.54, 1.807) is 6.07 Å². The molecule has 1 N–H and O–H groups in total. The van der Waals surface area contributed by atoms with E-state index < -0.39 is 0 Å². The van der Waals surface area contributed by atoms with Crippen LogP contribution in [0.4, 0.5) is 10.1 Å². The van der Waals surface area contributed by atoms with Gasteiger partial charge in [-0.25, -0.2) is 9.37 Å². The highest BCUT2D eigenvalue weighted by atomic mass is 19.1. The molecule has 2 aliphatic rings. The fourth-order valence-corrected chi connectivity index (χ4v) is 6.63. The molecule has 5 heterocycles. The summed E-state index contributed by atoms with van der Waals surface area (Å²) in [7, 11) is 0. The number of benzene rings is 2. The Balaban J connectivity index is 1.16. The van der Waals surface area contributed by atoms with Crippen LogP contribution in [0.25, 0.3) is 38.9 Å². The normalized spacial score (nSPS) is 17.4. The Hall–Kier alpha value is -3.77. The van der Waals surface area contributed by atoms with Gasteiger partial charge in [0.2, 0.25) is 0 Å². The van der Waals surface area contributed by atoms with Crippen molar-refractivity contribution in [1.82, 2.24) is 19.7 Å². The number of piperidine rings is 2. The number of aromatic nitrogens is 3. The third-order valence-electron chi connectivity index (χ3n) is 8.80. The fraction of sp³-hybridized carbons (Fsp3) is 0.333. The zero-order valence-electron chi connectivity index (χ0n) is 22.7. The SMILES string of the molecule is Cc1cc(F)c2nc(C)cc(-c3cnc4cc(-c5ccc(N6CCC7(CCCCN7)CC6)cc5)ccn34)c2c1. The van der Waals surface area contributed by atoms with Crippen molar-refractivity contribution >= 4 is 22.2 Å². The number of aryl methyl sites for hydroxylation is 2. The van der Waals surface area contributed by atoms with Gasteiger partial charge in [-0.15, -0.1) is 0 Å². The van der Waals surface area contributed by atoms with Crippen molar-refractivity contribution in [2.45, 2.75) is 51.5 Å². The molecule has 0 atom stereocenters. The van der Waals surface area contributed by atoms with Crippen molar-refractivity contribution in [3.8, 4) is 22.4 Å². The summed E-state index contributed by atoms with van der Waals surface area (Å²) in [6.07, 6.45) is 10.4. The van der Waals surface area contributed by atoms with Crippen LogP contribution in [0.2, 0.25) is 0 Å². The first-order chi connectivity index (χ1) is 19.0. The quantitative estimate of drug-likeness (QED) is 0.277. The number of imidazole rings is 1. The lowest BCUT2D eigenvalue weighted by atomic mass is 9.80. The van der Waals surface area contributed by atoms with Crippen LogP contribution in [0.15, 0.2) is 67.0 Å². The number of fused-ring (bicyclic) bond motifs is 2. The second-order valence-corrected chi connectivity index (χ2v) is 11.4. The summed E-state index contributed by atoms with van der Waals surface area (Å²) in [5.41, 5.74) is 8.79. The second-order valence-electron chi connectivity index (χ2n) is 11.4. The fourth-order valence-electron chi connectivity index (χ4n) is 6.63. The van der Waals surface area contributed by atoms with Gasteiger partial charge >= 0.3 is 0 Å². The highest BCUT2D eigenvalue weighted by Crippen LogP contribution is 2.35. The van der Waals surface area contributed by atoms with Crippen LogP contribution in [0.3, 0.4) is 0 Å². The Morgan fingerprint density at radius 1 is 0.897 bits per heavy atom. The van der Waals surface area contributed by atoms with Crippen molar-refractivity contribution in [3.63, 3.8) is 0 Å². The number of nitrogens with one attached hydrogen (secondary N) is 1. The molecule has 198 valence electrons. The number of rotatable bonds is 3. The zero-order valence-corrected chi connectivity index (χ0v) is 22.7. The lowest BCUT2D eigenvalue weighted by molar-refractivity contribution is 0.206. The van der Waals surface area contributed by atoms with E-state index in [1.807, 2.05) is 32.2 Å². The van der Waals surface area contributed by atoms with Crippen molar-refractivity contribution in [2.24, 2.45) is 0 Å². The third-order valence-corrected chi connectivity index (χ3v) is 8.80. The molecule has 0 saturated carbocycles. The Kier molecular flexibility index (Phi) is 5.89. The number of pyridine rings is 2. The summed E-state index contributed by atoms with van der Waals surface area (Å²) in [5, 5.41) is 4.63. The van der Waals surface area contributed by atoms with E-state index in [2.05, 4.69) is 62.2 Å². The molecule has 0 unspecified atom stereocenters. The van der Waals surface area contributed by atoms with Gasteiger partial charge in [0.15, 0.2) is 0 Å². The predicted octanol–water partition coefficient (Wildman–Crippen LogP) is 7.08. The topological polar surface area (TPSA) is 45.5 Å². The average Bonchev–Trinajstić information content (AvgIpc) is 3.37. The first-order valence-corrected chi connectivity index (χ1v) is 14.1. The van der Waals surface area contributed by atoms with Gasteiger partial charge < -0.3 is 10.2 Å². The molecule has 0 radical (unpaired) electrons. The zero-order chi connectivity index (χ0) is 26.6. The maximum atomic E-state index is 14.7. The van der Waals surface area contributed by atoms with Gasteiger partial charge in [-0.2, -0.15) is 0 Å². The van der Waals surface area contributed by atoms with E-state index in [0.717, 1.165) is 52.2 Å². The Morgan fingerprint density at radius 2 is 1.72 bits per heavy atom. The predicted molar refractivity (Wildman–Crippen MR) is 157 cm³/mol. The first kappa shape index (κ1) is 24.3. The molecule has 0 amide bonds. The molecule has 0 bridgehead atoms. The molecule has 2 saturated heterocycles. The minimum absolute atomic E-state index is 0.288. The monoisotopic (exact) mass is 519 g/mol. The number of hydrogen-bond acceptors (Lipinski definition) is 4. The summed E-state index contributed by atoms with van der Waals surface area (Å²) in [4.78, 5) is 11.7. The van der Waals surface area contributed by atoms with E-state index in [4.69, 9.17) is 4.98 Å². The highest BCUT2D eigenvalue weighted by molar-refractivity contribution is 5.95. The average molecular weight is 520 g/mol. The molecule has 2 aromatic carbocycles. The molecule has 0 aliphatic carbocycles. The lowest BCUT2D eigenvalue weighted by Gasteiger charge is -2.45. The van der Waals surface area contributed by atoms with Gasteiger partial charge in [0.05, 0.1) is 11.9 Å². The summed E-state index contributed by atoms with van der Waals surface area (Å²) in [5.74, 6) is -0.288. The van der Waals surface area contributed by atoms with E-state index in [9.17, 15) is 4.39 Å². The molecule has 6 heteroatoms. The van der Waals surface area contributed by atoms with Gasteiger partial charge in [0.1, 0.15) is 17.0 Å². The maximum absolute atomic E-state index is 14.7. The van der Waals surface area contributed by atoms with Crippen LogP contribution in [-0.4, -0.2) is 39.5 Å². The van der Waals surface area contributed by atoms with E-state index in [1.165, 1.54) is 49.9 Å². The third kappa shape index (κ3) is 4.37. The molecule has 1 spiro atoms. The van der Waals surface area contributed by atoms with E-state index in [0.29, 0.717) is 11.1 Å². The largest absolute Gasteiger partial charge is 0.371 e. The van der Waals surface area contributed by atoms with Crippen LogP contribution >= 0.6 is 0 Å². The van der Waals surface area contributed by atoms with Crippen LogP contribution in [0, 0.1) is 19.7 Å². The maximum Gasteiger partial charge on any atom is 0.149 e. The van der Waals surface area contributed by atoms with Crippen LogP contribution in [0.5, 0.6) is 0 Å². The summed E-state index contributed by atoms with van der Waals surface area (Å²) < 4.78 is 16.8.